The lowest BCUT2D eigenvalue weighted by atomic mass is 10.2. The first kappa shape index (κ1) is 17.6. The SMILES string of the molecule is C[C@@H](C(=O)Nc1ccc(Cl)cc1)N1CCN(c2ccc(O)cc2)CC1. The van der Waals surface area contributed by atoms with Gasteiger partial charge in [-0.15, -0.1) is 0 Å². The van der Waals surface area contributed by atoms with Gasteiger partial charge in [-0.1, -0.05) is 11.6 Å². The normalized spacial score (nSPS) is 16.5. The van der Waals surface area contributed by atoms with E-state index < -0.39 is 0 Å². The third kappa shape index (κ3) is 4.44. The summed E-state index contributed by atoms with van der Waals surface area (Å²) >= 11 is 5.87. The number of phenols is 1. The average molecular weight is 360 g/mol. The van der Waals surface area contributed by atoms with E-state index in [-0.39, 0.29) is 17.7 Å². The average Bonchev–Trinajstić information content (AvgIpc) is 2.64. The molecule has 0 radical (unpaired) electrons. The van der Waals surface area contributed by atoms with Crippen LogP contribution in [0.1, 0.15) is 6.92 Å². The van der Waals surface area contributed by atoms with Crippen LogP contribution in [-0.4, -0.2) is 48.1 Å². The number of phenolic OH excluding ortho intramolecular Hbond substituents is 1. The first-order valence-corrected chi connectivity index (χ1v) is 8.75. The van der Waals surface area contributed by atoms with Crippen LogP contribution in [0.4, 0.5) is 11.4 Å². The number of carbonyl (C=O) groups excluding carboxylic acids is 1. The fraction of sp³-hybridized carbons (Fsp3) is 0.316. The smallest absolute Gasteiger partial charge is 0.241 e. The summed E-state index contributed by atoms with van der Waals surface area (Å²) in [4.78, 5) is 16.9. The molecule has 0 aliphatic carbocycles. The van der Waals surface area contributed by atoms with Crippen LogP contribution in [0.15, 0.2) is 48.5 Å². The Morgan fingerprint density at radius 2 is 1.64 bits per heavy atom. The van der Waals surface area contributed by atoms with E-state index in [0.29, 0.717) is 5.02 Å². The minimum absolute atomic E-state index is 0.0135. The number of amides is 1. The summed E-state index contributed by atoms with van der Waals surface area (Å²) in [6.07, 6.45) is 0. The minimum Gasteiger partial charge on any atom is -0.508 e. The van der Waals surface area contributed by atoms with Crippen LogP contribution in [0.25, 0.3) is 0 Å². The van der Waals surface area contributed by atoms with Crippen molar-refractivity contribution >= 4 is 28.9 Å². The van der Waals surface area contributed by atoms with Crippen LogP contribution in [0.2, 0.25) is 5.02 Å². The molecule has 2 aromatic rings. The molecule has 0 saturated carbocycles. The van der Waals surface area contributed by atoms with E-state index in [0.717, 1.165) is 37.6 Å². The molecule has 6 heteroatoms. The Labute approximate surface area is 152 Å². The Hall–Kier alpha value is -2.24. The fourth-order valence-electron chi connectivity index (χ4n) is 2.98. The Morgan fingerprint density at radius 3 is 2.24 bits per heavy atom. The maximum Gasteiger partial charge on any atom is 0.241 e. The van der Waals surface area contributed by atoms with Crippen molar-refractivity contribution < 1.29 is 9.90 Å². The first-order chi connectivity index (χ1) is 12.0. The zero-order valence-electron chi connectivity index (χ0n) is 14.2. The van der Waals surface area contributed by atoms with E-state index >= 15 is 0 Å². The number of anilines is 2. The second-order valence-electron chi connectivity index (χ2n) is 6.21. The van der Waals surface area contributed by atoms with Crippen molar-refractivity contribution in [3.05, 3.63) is 53.6 Å². The number of aromatic hydroxyl groups is 1. The number of nitrogens with zero attached hydrogens (tertiary/aromatic N) is 2. The fourth-order valence-corrected chi connectivity index (χ4v) is 3.10. The molecule has 0 spiro atoms. The van der Waals surface area contributed by atoms with Gasteiger partial charge in [-0.3, -0.25) is 9.69 Å². The lowest BCUT2D eigenvalue weighted by Crippen LogP contribution is -2.52. The highest BCUT2D eigenvalue weighted by atomic mass is 35.5. The Morgan fingerprint density at radius 1 is 1.04 bits per heavy atom. The topological polar surface area (TPSA) is 55.8 Å². The minimum atomic E-state index is -0.197. The highest BCUT2D eigenvalue weighted by Crippen LogP contribution is 2.21. The molecule has 0 bridgehead atoms. The molecule has 25 heavy (non-hydrogen) atoms. The Balaban J connectivity index is 1.53. The van der Waals surface area contributed by atoms with E-state index in [4.69, 9.17) is 11.6 Å². The highest BCUT2D eigenvalue weighted by Gasteiger charge is 2.25. The van der Waals surface area contributed by atoms with Crippen molar-refractivity contribution in [2.45, 2.75) is 13.0 Å². The molecule has 1 amide bonds. The summed E-state index contributed by atoms with van der Waals surface area (Å²) in [6, 6.07) is 14.2. The van der Waals surface area contributed by atoms with Crippen molar-refractivity contribution in [3.8, 4) is 5.75 Å². The van der Waals surface area contributed by atoms with Crippen molar-refractivity contribution in [2.75, 3.05) is 36.4 Å². The molecular formula is C19H22ClN3O2. The predicted molar refractivity (Wildman–Crippen MR) is 101 cm³/mol. The Bertz CT molecular complexity index is 710. The van der Waals surface area contributed by atoms with E-state index in [2.05, 4.69) is 15.1 Å². The lowest BCUT2D eigenvalue weighted by molar-refractivity contribution is -0.120. The number of benzene rings is 2. The van der Waals surface area contributed by atoms with Crippen LogP contribution in [0, 0.1) is 0 Å². The maximum absolute atomic E-state index is 12.5. The number of rotatable bonds is 4. The van der Waals surface area contributed by atoms with Gasteiger partial charge in [-0.2, -0.15) is 0 Å². The largest absolute Gasteiger partial charge is 0.508 e. The maximum atomic E-state index is 12.5. The number of hydrogen-bond acceptors (Lipinski definition) is 4. The molecule has 1 fully saturated rings. The van der Waals surface area contributed by atoms with Crippen molar-refractivity contribution in [1.82, 2.24) is 4.90 Å². The lowest BCUT2D eigenvalue weighted by Gasteiger charge is -2.38. The molecule has 5 nitrogen and oxygen atoms in total. The summed E-state index contributed by atoms with van der Waals surface area (Å²) in [7, 11) is 0. The predicted octanol–water partition coefficient (Wildman–Crippen LogP) is 3.19. The summed E-state index contributed by atoms with van der Waals surface area (Å²) in [5, 5.41) is 13.0. The monoisotopic (exact) mass is 359 g/mol. The molecule has 132 valence electrons. The van der Waals surface area contributed by atoms with E-state index in [9.17, 15) is 9.90 Å². The molecule has 1 aliphatic heterocycles. The van der Waals surface area contributed by atoms with Gasteiger partial charge in [0.25, 0.3) is 0 Å². The van der Waals surface area contributed by atoms with Crippen LogP contribution in [0.3, 0.4) is 0 Å². The molecule has 3 rings (SSSR count). The van der Waals surface area contributed by atoms with Gasteiger partial charge in [0.1, 0.15) is 5.75 Å². The van der Waals surface area contributed by atoms with Crippen molar-refractivity contribution in [3.63, 3.8) is 0 Å². The molecule has 0 unspecified atom stereocenters. The molecule has 1 aliphatic rings. The van der Waals surface area contributed by atoms with Gasteiger partial charge in [-0.05, 0) is 55.5 Å². The Kier molecular flexibility index (Phi) is 5.46. The standard InChI is InChI=1S/C19H22ClN3O2/c1-14(19(25)21-16-4-2-15(20)3-5-16)22-10-12-23(13-11-22)17-6-8-18(24)9-7-17/h2-9,14,24H,10-13H2,1H3,(H,21,25)/t14-/m0/s1. The summed E-state index contributed by atoms with van der Waals surface area (Å²) in [5.74, 6) is 0.260. The number of piperazine rings is 1. The van der Waals surface area contributed by atoms with Crippen LogP contribution in [-0.2, 0) is 4.79 Å². The number of carbonyl (C=O) groups is 1. The molecule has 1 saturated heterocycles. The number of nitrogens with one attached hydrogen (secondary N) is 1. The van der Waals surface area contributed by atoms with Crippen LogP contribution >= 0.6 is 11.6 Å². The number of halogens is 1. The second kappa shape index (κ2) is 7.76. The molecule has 0 aromatic heterocycles. The molecule has 1 atom stereocenters. The molecule has 2 N–H and O–H groups in total. The van der Waals surface area contributed by atoms with Crippen LogP contribution in [0.5, 0.6) is 5.75 Å². The van der Waals surface area contributed by atoms with Crippen molar-refractivity contribution in [1.29, 1.82) is 0 Å². The van der Waals surface area contributed by atoms with Gasteiger partial charge in [0, 0.05) is 42.6 Å². The zero-order chi connectivity index (χ0) is 17.8. The number of hydrogen-bond donors (Lipinski definition) is 2. The summed E-state index contributed by atoms with van der Waals surface area (Å²) in [6.45, 7) is 5.26. The van der Waals surface area contributed by atoms with E-state index in [1.807, 2.05) is 19.1 Å². The molecule has 2 aromatic carbocycles. The van der Waals surface area contributed by atoms with E-state index in [1.54, 1.807) is 36.4 Å². The van der Waals surface area contributed by atoms with Gasteiger partial charge in [-0.25, -0.2) is 0 Å². The van der Waals surface area contributed by atoms with Gasteiger partial charge >= 0.3 is 0 Å². The quantitative estimate of drug-likeness (QED) is 0.880. The van der Waals surface area contributed by atoms with Gasteiger partial charge < -0.3 is 15.3 Å². The second-order valence-corrected chi connectivity index (χ2v) is 6.65. The van der Waals surface area contributed by atoms with Gasteiger partial charge in [0.15, 0.2) is 0 Å². The third-order valence-electron chi connectivity index (χ3n) is 4.57. The van der Waals surface area contributed by atoms with E-state index in [1.165, 1.54) is 0 Å². The van der Waals surface area contributed by atoms with Crippen LogP contribution < -0.4 is 10.2 Å². The van der Waals surface area contributed by atoms with Crippen molar-refractivity contribution in [2.24, 2.45) is 0 Å². The molecule has 1 heterocycles. The first-order valence-electron chi connectivity index (χ1n) is 8.37. The molecular weight excluding hydrogens is 338 g/mol. The zero-order valence-corrected chi connectivity index (χ0v) is 14.9. The third-order valence-corrected chi connectivity index (χ3v) is 4.82. The van der Waals surface area contributed by atoms with Gasteiger partial charge in [0.05, 0.1) is 6.04 Å². The highest BCUT2D eigenvalue weighted by molar-refractivity contribution is 6.30. The van der Waals surface area contributed by atoms with Gasteiger partial charge in [0.2, 0.25) is 5.91 Å². The summed E-state index contributed by atoms with van der Waals surface area (Å²) < 4.78 is 0. The summed E-state index contributed by atoms with van der Waals surface area (Å²) in [5.41, 5.74) is 1.85.